The van der Waals surface area contributed by atoms with Crippen LogP contribution in [0.5, 0.6) is 0 Å². The second-order valence-corrected chi connectivity index (χ2v) is 13.9. The Morgan fingerprint density at radius 3 is 2.56 bits per heavy atom. The van der Waals surface area contributed by atoms with Crippen molar-refractivity contribution in [3.05, 3.63) is 17.7 Å². The van der Waals surface area contributed by atoms with E-state index in [1.165, 1.54) is 19.3 Å². The molecule has 0 aromatic carbocycles. The number of hydrogen-bond acceptors (Lipinski definition) is 6. The molecule has 1 aromatic rings. The predicted molar refractivity (Wildman–Crippen MR) is 144 cm³/mol. The predicted octanol–water partition coefficient (Wildman–Crippen LogP) is 5.72. The molecular formula is C29H39F2N3O4S. The topological polar surface area (TPSA) is 91.8 Å². The van der Waals surface area contributed by atoms with Crippen molar-refractivity contribution in [3.63, 3.8) is 0 Å². The first-order valence-corrected chi connectivity index (χ1v) is 15.6. The van der Waals surface area contributed by atoms with Gasteiger partial charge in [-0.25, -0.2) is 4.98 Å². The monoisotopic (exact) mass is 563 g/mol. The molecule has 4 bridgehead atoms. The maximum Gasteiger partial charge on any atom is 0.345 e. The molecule has 2 N–H and O–H groups in total. The Labute approximate surface area is 232 Å². The standard InChI is InChI=1S/C29H39F2N3O4S/c30-28(31)38-29-13-18-10-19(14-29)25(20(11-18)15-29)33-26(37)22-6-7-23(34-9-8-17(16-34)12-24(35)36)32-27(22)39-21-4-2-1-3-5-21/h6-7,17-21,25,28H,1-5,8-16H2,(H,33,37)(H,35,36)/t17-,18?,19?,20?,25?,29?/m0/s1. The van der Waals surface area contributed by atoms with Crippen molar-refractivity contribution in [2.24, 2.45) is 23.7 Å². The lowest BCUT2D eigenvalue weighted by Gasteiger charge is -2.59. The quantitative estimate of drug-likeness (QED) is 0.397. The fourth-order valence-electron chi connectivity index (χ4n) is 8.41. The van der Waals surface area contributed by atoms with Crippen molar-refractivity contribution in [2.45, 2.75) is 106 Å². The average Bonchev–Trinajstić information content (AvgIpc) is 3.33. The first-order valence-electron chi connectivity index (χ1n) is 14.7. The van der Waals surface area contributed by atoms with Gasteiger partial charge in [0.25, 0.3) is 5.91 Å². The molecule has 7 rings (SSSR count). The van der Waals surface area contributed by atoms with E-state index in [2.05, 4.69) is 10.2 Å². The number of hydrogen-bond donors (Lipinski definition) is 2. The summed E-state index contributed by atoms with van der Waals surface area (Å²) in [4.78, 5) is 32.1. The van der Waals surface area contributed by atoms with E-state index in [-0.39, 0.29) is 36.1 Å². The van der Waals surface area contributed by atoms with E-state index in [0.717, 1.165) is 49.5 Å². The summed E-state index contributed by atoms with van der Waals surface area (Å²) < 4.78 is 31.6. The van der Waals surface area contributed by atoms with E-state index < -0.39 is 18.2 Å². The van der Waals surface area contributed by atoms with E-state index in [1.54, 1.807) is 11.8 Å². The molecule has 0 radical (unpaired) electrons. The van der Waals surface area contributed by atoms with Crippen molar-refractivity contribution >= 4 is 29.5 Å². The van der Waals surface area contributed by atoms with Gasteiger partial charge < -0.3 is 20.1 Å². The number of carboxylic acid groups (broad SMARTS) is 1. The molecule has 2 unspecified atom stereocenters. The van der Waals surface area contributed by atoms with Crippen LogP contribution in [0, 0.1) is 23.7 Å². The molecule has 6 aliphatic rings. The average molecular weight is 564 g/mol. The number of aliphatic carboxylic acids is 1. The molecule has 3 atom stereocenters. The lowest BCUT2D eigenvalue weighted by molar-refractivity contribution is -0.260. The third-order valence-electron chi connectivity index (χ3n) is 9.85. The van der Waals surface area contributed by atoms with Crippen LogP contribution in [0.25, 0.3) is 0 Å². The van der Waals surface area contributed by atoms with Crippen LogP contribution in [0.3, 0.4) is 0 Å². The molecule has 1 amide bonds. The molecule has 0 spiro atoms. The number of carboxylic acids is 1. The number of ether oxygens (including phenoxy) is 1. The second kappa shape index (κ2) is 11.1. The Balaban J connectivity index is 1.19. The van der Waals surface area contributed by atoms with Gasteiger partial charge in [-0.05, 0) is 87.2 Å². The van der Waals surface area contributed by atoms with E-state index in [0.29, 0.717) is 42.5 Å². The van der Waals surface area contributed by atoms with Crippen molar-refractivity contribution < 1.29 is 28.2 Å². The molecule has 5 aliphatic carbocycles. The molecule has 214 valence electrons. The molecule has 1 saturated heterocycles. The lowest BCUT2D eigenvalue weighted by Crippen LogP contribution is -2.62. The highest BCUT2D eigenvalue weighted by atomic mass is 32.2. The number of nitrogens with one attached hydrogen (secondary N) is 1. The lowest BCUT2D eigenvalue weighted by atomic mass is 9.52. The normalized spacial score (nSPS) is 34.1. The highest BCUT2D eigenvalue weighted by Crippen LogP contribution is 2.57. The van der Waals surface area contributed by atoms with Gasteiger partial charge in [0.2, 0.25) is 0 Å². The molecule has 39 heavy (non-hydrogen) atoms. The molecule has 1 aliphatic heterocycles. The number of halogens is 2. The molecule has 2 heterocycles. The van der Waals surface area contributed by atoms with E-state index in [9.17, 15) is 23.5 Å². The minimum atomic E-state index is -2.76. The van der Waals surface area contributed by atoms with Crippen molar-refractivity contribution in [1.29, 1.82) is 0 Å². The summed E-state index contributed by atoms with van der Waals surface area (Å²) >= 11 is 1.70. The van der Waals surface area contributed by atoms with Crippen LogP contribution in [-0.4, -0.2) is 58.6 Å². The summed E-state index contributed by atoms with van der Waals surface area (Å²) in [5, 5.41) is 13.7. The second-order valence-electron chi connectivity index (χ2n) is 12.6. The van der Waals surface area contributed by atoms with Crippen LogP contribution in [0.1, 0.15) is 87.4 Å². The summed E-state index contributed by atoms with van der Waals surface area (Å²) in [6.07, 6.45) is 10.6. The number of amides is 1. The van der Waals surface area contributed by atoms with Gasteiger partial charge in [0.1, 0.15) is 10.8 Å². The third kappa shape index (κ3) is 5.92. The van der Waals surface area contributed by atoms with Gasteiger partial charge in [-0.1, -0.05) is 19.3 Å². The summed E-state index contributed by atoms with van der Waals surface area (Å²) in [7, 11) is 0. The highest BCUT2D eigenvalue weighted by molar-refractivity contribution is 7.99. The molecule has 1 aromatic heterocycles. The van der Waals surface area contributed by atoms with Gasteiger partial charge in [-0.15, -0.1) is 11.8 Å². The Hall–Kier alpha value is -1.94. The van der Waals surface area contributed by atoms with E-state index in [1.807, 2.05) is 12.1 Å². The van der Waals surface area contributed by atoms with Crippen LogP contribution in [0.2, 0.25) is 0 Å². The van der Waals surface area contributed by atoms with Crippen LogP contribution in [0.4, 0.5) is 14.6 Å². The number of carbonyl (C=O) groups excluding carboxylic acids is 1. The van der Waals surface area contributed by atoms with E-state index in [4.69, 9.17) is 9.72 Å². The van der Waals surface area contributed by atoms with Crippen molar-refractivity contribution in [1.82, 2.24) is 10.3 Å². The number of nitrogens with zero attached hydrogens (tertiary/aromatic N) is 2. The van der Waals surface area contributed by atoms with E-state index >= 15 is 0 Å². The summed E-state index contributed by atoms with van der Waals surface area (Å²) in [6, 6.07) is 3.75. The Bertz CT molecular complexity index is 1060. The minimum absolute atomic E-state index is 0.0222. The van der Waals surface area contributed by atoms with Crippen LogP contribution < -0.4 is 10.2 Å². The highest BCUT2D eigenvalue weighted by Gasteiger charge is 2.57. The van der Waals surface area contributed by atoms with Crippen molar-refractivity contribution in [2.75, 3.05) is 18.0 Å². The number of pyridine rings is 1. The van der Waals surface area contributed by atoms with Gasteiger partial charge in [0.05, 0.1) is 11.2 Å². The Morgan fingerprint density at radius 2 is 1.87 bits per heavy atom. The number of aromatic nitrogens is 1. The smallest absolute Gasteiger partial charge is 0.345 e. The molecular weight excluding hydrogens is 524 g/mol. The van der Waals surface area contributed by atoms with Crippen LogP contribution in [-0.2, 0) is 9.53 Å². The van der Waals surface area contributed by atoms with Gasteiger partial charge in [0, 0.05) is 30.8 Å². The number of rotatable bonds is 9. The molecule has 6 fully saturated rings. The molecule has 5 saturated carbocycles. The van der Waals surface area contributed by atoms with Gasteiger partial charge in [-0.3, -0.25) is 9.59 Å². The number of carbonyl (C=O) groups is 2. The fourth-order valence-corrected chi connectivity index (χ4v) is 9.73. The van der Waals surface area contributed by atoms with Gasteiger partial charge >= 0.3 is 12.6 Å². The third-order valence-corrected chi connectivity index (χ3v) is 11.2. The summed E-state index contributed by atoms with van der Waals surface area (Å²) in [5.74, 6) is 0.742. The number of alkyl halides is 2. The van der Waals surface area contributed by atoms with Crippen molar-refractivity contribution in [3.8, 4) is 0 Å². The Kier molecular flexibility index (Phi) is 7.79. The minimum Gasteiger partial charge on any atom is -0.481 e. The fraction of sp³-hybridized carbons (Fsp3) is 0.759. The molecule has 10 heteroatoms. The number of anilines is 1. The zero-order valence-corrected chi connectivity index (χ0v) is 23.1. The summed E-state index contributed by atoms with van der Waals surface area (Å²) in [5.41, 5.74) is -0.145. The maximum absolute atomic E-state index is 13.8. The summed E-state index contributed by atoms with van der Waals surface area (Å²) in [6.45, 7) is -1.33. The zero-order valence-electron chi connectivity index (χ0n) is 22.3. The van der Waals surface area contributed by atoms with Gasteiger partial charge in [0.15, 0.2) is 0 Å². The number of thioether (sulfide) groups is 1. The first kappa shape index (κ1) is 27.2. The van der Waals surface area contributed by atoms with Crippen LogP contribution in [0.15, 0.2) is 17.2 Å². The van der Waals surface area contributed by atoms with Crippen LogP contribution >= 0.6 is 11.8 Å². The first-order chi connectivity index (χ1) is 18.8. The largest absolute Gasteiger partial charge is 0.481 e. The zero-order chi connectivity index (χ0) is 27.1. The molecule has 7 nitrogen and oxygen atoms in total. The Morgan fingerprint density at radius 1 is 1.13 bits per heavy atom. The maximum atomic E-state index is 13.8. The SMILES string of the molecule is O=C(O)C[C@@H]1CCN(c2ccc(C(=O)NC3C4CC5CC3CC(OC(F)F)(C5)C4)c(SC3CCCCC3)n2)C1. The van der Waals surface area contributed by atoms with Gasteiger partial charge in [-0.2, -0.15) is 8.78 Å².